The molecule has 0 aromatic heterocycles. The lowest BCUT2D eigenvalue weighted by atomic mass is 10.0. The van der Waals surface area contributed by atoms with Crippen molar-refractivity contribution in [2.24, 2.45) is 0 Å². The minimum atomic E-state index is -0.205. The Kier molecular flexibility index (Phi) is 5.73. The van der Waals surface area contributed by atoms with Gasteiger partial charge in [-0.05, 0) is 37.9 Å². The summed E-state index contributed by atoms with van der Waals surface area (Å²) in [6, 6.07) is 3.29. The smallest absolute Gasteiger partial charge is 0.253 e. The molecule has 1 amide bonds. The van der Waals surface area contributed by atoms with E-state index in [1.54, 1.807) is 12.1 Å². The van der Waals surface area contributed by atoms with E-state index in [9.17, 15) is 4.79 Å². The van der Waals surface area contributed by atoms with Crippen LogP contribution in [0.5, 0.6) is 0 Å². The van der Waals surface area contributed by atoms with Gasteiger partial charge in [0.15, 0.2) is 0 Å². The normalized spacial score (nSPS) is 16.9. The molecule has 116 valence electrons. The zero-order valence-corrected chi connectivity index (χ0v) is 13.7. The predicted octanol–water partition coefficient (Wildman–Crippen LogP) is 3.18. The summed E-state index contributed by atoms with van der Waals surface area (Å²) >= 11 is 12.0. The van der Waals surface area contributed by atoms with Gasteiger partial charge in [0.2, 0.25) is 0 Å². The van der Waals surface area contributed by atoms with E-state index in [2.05, 4.69) is 17.1 Å². The fraction of sp³-hybridized carbons (Fsp3) is 0.533. The van der Waals surface area contributed by atoms with Crippen molar-refractivity contribution in [1.29, 1.82) is 0 Å². The first-order valence-corrected chi connectivity index (χ1v) is 8.04. The monoisotopic (exact) mass is 329 g/mol. The minimum absolute atomic E-state index is 0.182. The molecule has 1 fully saturated rings. The number of carbonyl (C=O) groups is 1. The maximum Gasteiger partial charge on any atom is 0.253 e. The van der Waals surface area contributed by atoms with Crippen LogP contribution in [-0.4, -0.2) is 36.5 Å². The third-order valence-electron chi connectivity index (χ3n) is 3.76. The molecule has 1 aliphatic rings. The van der Waals surface area contributed by atoms with E-state index in [1.807, 2.05) is 0 Å². The second-order valence-electron chi connectivity index (χ2n) is 5.45. The number of rotatable bonds is 4. The number of amides is 1. The molecule has 0 spiro atoms. The lowest BCUT2D eigenvalue weighted by Gasteiger charge is -2.32. The second kappa shape index (κ2) is 7.34. The van der Waals surface area contributed by atoms with Crippen LogP contribution in [0.1, 0.15) is 36.5 Å². The Morgan fingerprint density at radius 3 is 2.67 bits per heavy atom. The van der Waals surface area contributed by atoms with Gasteiger partial charge in [-0.1, -0.05) is 30.1 Å². The summed E-state index contributed by atoms with van der Waals surface area (Å²) in [5.41, 5.74) is 6.50. The highest BCUT2D eigenvalue weighted by molar-refractivity contribution is 6.44. The van der Waals surface area contributed by atoms with Crippen molar-refractivity contribution in [3.8, 4) is 0 Å². The molecule has 0 radical (unpaired) electrons. The summed E-state index contributed by atoms with van der Waals surface area (Å²) in [6.07, 6.45) is 3.08. The van der Waals surface area contributed by atoms with Gasteiger partial charge in [-0.2, -0.15) is 0 Å². The number of halogens is 2. The van der Waals surface area contributed by atoms with Crippen molar-refractivity contribution in [3.63, 3.8) is 0 Å². The third kappa shape index (κ3) is 4.25. The zero-order valence-electron chi connectivity index (χ0n) is 12.2. The quantitative estimate of drug-likeness (QED) is 0.834. The number of anilines is 1. The zero-order chi connectivity index (χ0) is 15.4. The Hall–Kier alpha value is -0.970. The third-order valence-corrected chi connectivity index (χ3v) is 4.56. The number of nitrogens with two attached hydrogens (primary N) is 1. The second-order valence-corrected chi connectivity index (χ2v) is 6.24. The van der Waals surface area contributed by atoms with Crippen LogP contribution in [0.25, 0.3) is 0 Å². The molecular formula is C15H21Cl2N3O. The predicted molar refractivity (Wildman–Crippen MR) is 88.1 cm³/mol. The lowest BCUT2D eigenvalue weighted by Crippen LogP contribution is -2.44. The Labute approximate surface area is 135 Å². The van der Waals surface area contributed by atoms with E-state index in [1.165, 1.54) is 0 Å². The van der Waals surface area contributed by atoms with Gasteiger partial charge in [-0.3, -0.25) is 4.79 Å². The highest BCUT2D eigenvalue weighted by atomic mass is 35.5. The Balaban J connectivity index is 1.97. The molecule has 21 heavy (non-hydrogen) atoms. The number of hydrogen-bond donors (Lipinski definition) is 2. The number of nitrogens with one attached hydrogen (secondary N) is 1. The van der Waals surface area contributed by atoms with Gasteiger partial charge in [-0.25, -0.2) is 0 Å². The first kappa shape index (κ1) is 16.4. The number of nitrogens with zero attached hydrogens (tertiary/aromatic N) is 1. The van der Waals surface area contributed by atoms with Crippen LogP contribution >= 0.6 is 23.2 Å². The average Bonchev–Trinajstić information content (AvgIpc) is 2.45. The van der Waals surface area contributed by atoms with Crippen LogP contribution < -0.4 is 11.1 Å². The summed E-state index contributed by atoms with van der Waals surface area (Å²) in [7, 11) is 0. The van der Waals surface area contributed by atoms with E-state index in [-0.39, 0.29) is 17.0 Å². The summed E-state index contributed by atoms with van der Waals surface area (Å²) in [5, 5.41) is 3.59. The van der Waals surface area contributed by atoms with Crippen molar-refractivity contribution in [3.05, 3.63) is 27.7 Å². The molecule has 4 nitrogen and oxygen atoms in total. The molecule has 0 aliphatic carbocycles. The standard InChI is InChI=1S/C15H21Cl2N3O/c1-2-5-20-6-3-11(4-7-20)19-15(21)12-8-10(18)9-13(16)14(12)17/h8-9,11H,2-7,18H2,1H3,(H,19,21). The van der Waals surface area contributed by atoms with Crippen molar-refractivity contribution in [2.45, 2.75) is 32.2 Å². The van der Waals surface area contributed by atoms with Crippen molar-refractivity contribution >= 4 is 34.8 Å². The van der Waals surface area contributed by atoms with Gasteiger partial charge < -0.3 is 16.0 Å². The lowest BCUT2D eigenvalue weighted by molar-refractivity contribution is 0.0911. The van der Waals surface area contributed by atoms with Crippen LogP contribution in [0.2, 0.25) is 10.0 Å². The van der Waals surface area contributed by atoms with Crippen LogP contribution in [0.3, 0.4) is 0 Å². The summed E-state index contributed by atoms with van der Waals surface area (Å²) < 4.78 is 0. The number of likely N-dealkylation sites (tertiary alicyclic amines) is 1. The summed E-state index contributed by atoms with van der Waals surface area (Å²) in [5.74, 6) is -0.205. The number of nitrogen functional groups attached to an aromatic ring is 1. The van der Waals surface area contributed by atoms with Gasteiger partial charge in [0.1, 0.15) is 0 Å². The molecule has 0 atom stereocenters. The highest BCUT2D eigenvalue weighted by Crippen LogP contribution is 2.29. The molecule has 0 saturated carbocycles. The van der Waals surface area contributed by atoms with Crippen molar-refractivity contribution in [2.75, 3.05) is 25.4 Å². The molecular weight excluding hydrogens is 309 g/mol. The van der Waals surface area contributed by atoms with Crippen LogP contribution in [-0.2, 0) is 0 Å². The molecule has 2 rings (SSSR count). The van der Waals surface area contributed by atoms with Crippen LogP contribution in [0.4, 0.5) is 5.69 Å². The first-order chi connectivity index (χ1) is 10.0. The maximum absolute atomic E-state index is 12.3. The van der Waals surface area contributed by atoms with Gasteiger partial charge in [0.05, 0.1) is 15.6 Å². The Bertz CT molecular complexity index is 514. The van der Waals surface area contributed by atoms with Crippen LogP contribution in [0.15, 0.2) is 12.1 Å². The molecule has 1 saturated heterocycles. The first-order valence-electron chi connectivity index (χ1n) is 7.29. The van der Waals surface area contributed by atoms with Gasteiger partial charge in [-0.15, -0.1) is 0 Å². The van der Waals surface area contributed by atoms with E-state index in [4.69, 9.17) is 28.9 Å². The molecule has 1 aromatic carbocycles. The van der Waals surface area contributed by atoms with E-state index in [0.29, 0.717) is 16.3 Å². The van der Waals surface area contributed by atoms with E-state index >= 15 is 0 Å². The molecule has 1 heterocycles. The van der Waals surface area contributed by atoms with Gasteiger partial charge in [0, 0.05) is 24.8 Å². The number of piperidine rings is 1. The SMILES string of the molecule is CCCN1CCC(NC(=O)c2cc(N)cc(Cl)c2Cl)CC1. The number of carbonyl (C=O) groups excluding carboxylic acids is 1. The number of hydrogen-bond acceptors (Lipinski definition) is 3. The molecule has 6 heteroatoms. The van der Waals surface area contributed by atoms with E-state index in [0.717, 1.165) is 38.9 Å². The van der Waals surface area contributed by atoms with Gasteiger partial charge in [0.25, 0.3) is 5.91 Å². The average molecular weight is 330 g/mol. The Morgan fingerprint density at radius 2 is 2.05 bits per heavy atom. The summed E-state index contributed by atoms with van der Waals surface area (Å²) in [4.78, 5) is 14.7. The van der Waals surface area contributed by atoms with Gasteiger partial charge >= 0.3 is 0 Å². The van der Waals surface area contributed by atoms with E-state index < -0.39 is 0 Å². The maximum atomic E-state index is 12.3. The Morgan fingerprint density at radius 1 is 1.38 bits per heavy atom. The van der Waals surface area contributed by atoms with Crippen molar-refractivity contribution in [1.82, 2.24) is 10.2 Å². The minimum Gasteiger partial charge on any atom is -0.399 e. The molecule has 0 unspecified atom stereocenters. The fourth-order valence-electron chi connectivity index (χ4n) is 2.66. The largest absolute Gasteiger partial charge is 0.399 e. The fourth-order valence-corrected chi connectivity index (χ4v) is 3.08. The number of benzene rings is 1. The highest BCUT2D eigenvalue weighted by Gasteiger charge is 2.22. The summed E-state index contributed by atoms with van der Waals surface area (Å²) in [6.45, 7) is 5.34. The molecule has 1 aromatic rings. The topological polar surface area (TPSA) is 58.4 Å². The molecule has 0 bridgehead atoms. The van der Waals surface area contributed by atoms with Crippen molar-refractivity contribution < 1.29 is 4.79 Å². The molecule has 1 aliphatic heterocycles. The molecule has 3 N–H and O–H groups in total. The van der Waals surface area contributed by atoms with Crippen LogP contribution in [0, 0.1) is 0 Å².